The SMILES string of the molecule is COc1ccc2nc(NNC(=O)c3cccs3)sc2c1. The summed E-state index contributed by atoms with van der Waals surface area (Å²) in [5.41, 5.74) is 6.33. The normalized spacial score (nSPS) is 10.4. The van der Waals surface area contributed by atoms with Crippen molar-refractivity contribution in [2.75, 3.05) is 12.5 Å². The molecule has 0 saturated carbocycles. The van der Waals surface area contributed by atoms with Gasteiger partial charge in [0, 0.05) is 0 Å². The van der Waals surface area contributed by atoms with E-state index in [4.69, 9.17) is 4.74 Å². The van der Waals surface area contributed by atoms with Crippen LogP contribution in [0.5, 0.6) is 5.75 Å². The number of carbonyl (C=O) groups excluding carboxylic acids is 1. The quantitative estimate of drug-likeness (QED) is 0.727. The molecule has 0 unspecified atom stereocenters. The number of ether oxygens (including phenoxy) is 1. The van der Waals surface area contributed by atoms with Crippen molar-refractivity contribution in [3.05, 3.63) is 40.6 Å². The van der Waals surface area contributed by atoms with Crippen molar-refractivity contribution in [1.82, 2.24) is 10.4 Å². The highest BCUT2D eigenvalue weighted by atomic mass is 32.1. The second kappa shape index (κ2) is 5.48. The van der Waals surface area contributed by atoms with E-state index in [-0.39, 0.29) is 5.91 Å². The number of methoxy groups -OCH3 is 1. The third kappa shape index (κ3) is 2.59. The van der Waals surface area contributed by atoms with Gasteiger partial charge in [0.2, 0.25) is 5.13 Å². The zero-order chi connectivity index (χ0) is 13.9. The van der Waals surface area contributed by atoms with Gasteiger partial charge in [0.1, 0.15) is 5.75 Å². The molecular formula is C13H11N3O2S2. The first-order valence-electron chi connectivity index (χ1n) is 5.81. The van der Waals surface area contributed by atoms with Gasteiger partial charge in [-0.25, -0.2) is 4.98 Å². The highest BCUT2D eigenvalue weighted by Gasteiger charge is 2.08. The molecule has 3 rings (SSSR count). The summed E-state index contributed by atoms with van der Waals surface area (Å²) in [6.07, 6.45) is 0. The Hall–Kier alpha value is -2.12. The number of nitrogens with zero attached hydrogens (tertiary/aromatic N) is 1. The van der Waals surface area contributed by atoms with Gasteiger partial charge in [-0.3, -0.25) is 15.6 Å². The summed E-state index contributed by atoms with van der Waals surface area (Å²) in [4.78, 5) is 16.8. The molecule has 7 heteroatoms. The molecule has 0 aliphatic rings. The molecule has 2 aromatic heterocycles. The number of anilines is 1. The average Bonchev–Trinajstić information content (AvgIpc) is 3.12. The highest BCUT2D eigenvalue weighted by molar-refractivity contribution is 7.22. The Morgan fingerprint density at radius 1 is 1.35 bits per heavy atom. The van der Waals surface area contributed by atoms with E-state index in [1.807, 2.05) is 29.6 Å². The molecule has 2 N–H and O–H groups in total. The molecule has 3 aromatic rings. The Bertz CT molecular complexity index is 737. The largest absolute Gasteiger partial charge is 0.497 e. The monoisotopic (exact) mass is 305 g/mol. The molecule has 0 fully saturated rings. The number of hydrogen-bond donors (Lipinski definition) is 2. The van der Waals surface area contributed by atoms with Gasteiger partial charge < -0.3 is 4.74 Å². The molecule has 0 aliphatic heterocycles. The Kier molecular flexibility index (Phi) is 3.53. The van der Waals surface area contributed by atoms with Crippen LogP contribution in [0.1, 0.15) is 9.67 Å². The number of fused-ring (bicyclic) bond motifs is 1. The van der Waals surface area contributed by atoms with Crippen molar-refractivity contribution in [2.45, 2.75) is 0 Å². The molecule has 0 radical (unpaired) electrons. The number of amides is 1. The maximum absolute atomic E-state index is 11.8. The van der Waals surface area contributed by atoms with Crippen LogP contribution in [-0.2, 0) is 0 Å². The highest BCUT2D eigenvalue weighted by Crippen LogP contribution is 2.28. The van der Waals surface area contributed by atoms with E-state index in [2.05, 4.69) is 15.8 Å². The van der Waals surface area contributed by atoms with Gasteiger partial charge in [0.25, 0.3) is 5.91 Å². The van der Waals surface area contributed by atoms with Crippen molar-refractivity contribution < 1.29 is 9.53 Å². The van der Waals surface area contributed by atoms with Crippen LogP contribution in [0.3, 0.4) is 0 Å². The summed E-state index contributed by atoms with van der Waals surface area (Å²) in [7, 11) is 1.63. The fraction of sp³-hybridized carbons (Fsp3) is 0.0769. The number of hydrazine groups is 1. The Labute approximate surface area is 123 Å². The first kappa shape index (κ1) is 12.9. The summed E-state index contributed by atoms with van der Waals surface area (Å²) in [5, 5.41) is 2.50. The zero-order valence-corrected chi connectivity index (χ0v) is 12.2. The van der Waals surface area contributed by atoms with Crippen molar-refractivity contribution in [3.8, 4) is 5.75 Å². The lowest BCUT2D eigenvalue weighted by Crippen LogP contribution is -2.28. The number of hydrogen-bond acceptors (Lipinski definition) is 6. The van der Waals surface area contributed by atoms with Crippen molar-refractivity contribution in [1.29, 1.82) is 0 Å². The van der Waals surface area contributed by atoms with Crippen LogP contribution in [0.2, 0.25) is 0 Å². The molecule has 2 heterocycles. The smallest absolute Gasteiger partial charge is 0.279 e. The van der Waals surface area contributed by atoms with Crippen LogP contribution >= 0.6 is 22.7 Å². The lowest BCUT2D eigenvalue weighted by molar-refractivity contribution is 0.0966. The van der Waals surface area contributed by atoms with E-state index in [0.29, 0.717) is 10.0 Å². The third-order valence-electron chi connectivity index (χ3n) is 2.62. The molecule has 1 aromatic carbocycles. The molecule has 0 spiro atoms. The molecule has 0 atom stereocenters. The fourth-order valence-electron chi connectivity index (χ4n) is 1.66. The Balaban J connectivity index is 1.73. The molecule has 20 heavy (non-hydrogen) atoms. The predicted molar refractivity (Wildman–Crippen MR) is 81.6 cm³/mol. The van der Waals surface area contributed by atoms with Crippen LogP contribution in [-0.4, -0.2) is 18.0 Å². The zero-order valence-electron chi connectivity index (χ0n) is 10.5. The van der Waals surface area contributed by atoms with Crippen LogP contribution in [0.4, 0.5) is 5.13 Å². The minimum absolute atomic E-state index is 0.170. The predicted octanol–water partition coefficient (Wildman–Crippen LogP) is 3.12. The number of thiazole rings is 1. The molecule has 0 aliphatic carbocycles. The molecule has 102 valence electrons. The summed E-state index contributed by atoms with van der Waals surface area (Å²) in [5.74, 6) is 0.618. The minimum atomic E-state index is -0.170. The van der Waals surface area contributed by atoms with Gasteiger partial charge in [0.05, 0.1) is 22.2 Å². The summed E-state index contributed by atoms with van der Waals surface area (Å²) in [6, 6.07) is 9.26. The second-order valence-electron chi connectivity index (χ2n) is 3.91. The van der Waals surface area contributed by atoms with Gasteiger partial charge in [-0.2, -0.15) is 0 Å². The molecule has 1 amide bonds. The number of aromatic nitrogens is 1. The van der Waals surface area contributed by atoms with E-state index in [0.717, 1.165) is 16.0 Å². The standard InChI is InChI=1S/C13H11N3O2S2/c1-18-8-4-5-9-11(7-8)20-13(14-9)16-15-12(17)10-3-2-6-19-10/h2-7H,1H3,(H,14,16)(H,15,17). The second-order valence-corrected chi connectivity index (χ2v) is 5.89. The first-order valence-corrected chi connectivity index (χ1v) is 7.50. The number of thiophene rings is 1. The number of benzene rings is 1. The van der Waals surface area contributed by atoms with Crippen LogP contribution in [0.15, 0.2) is 35.7 Å². The molecule has 5 nitrogen and oxygen atoms in total. The van der Waals surface area contributed by atoms with Crippen LogP contribution in [0, 0.1) is 0 Å². The van der Waals surface area contributed by atoms with Gasteiger partial charge >= 0.3 is 0 Å². The van der Waals surface area contributed by atoms with E-state index in [9.17, 15) is 4.79 Å². The first-order chi connectivity index (χ1) is 9.76. The lowest BCUT2D eigenvalue weighted by atomic mass is 10.3. The van der Waals surface area contributed by atoms with Crippen LogP contribution in [0.25, 0.3) is 10.2 Å². The van der Waals surface area contributed by atoms with Gasteiger partial charge in [-0.15, -0.1) is 11.3 Å². The molecular weight excluding hydrogens is 294 g/mol. The maximum atomic E-state index is 11.8. The number of rotatable bonds is 4. The lowest BCUT2D eigenvalue weighted by Gasteiger charge is -2.02. The third-order valence-corrected chi connectivity index (χ3v) is 4.43. The average molecular weight is 305 g/mol. The number of nitrogens with one attached hydrogen (secondary N) is 2. The van der Waals surface area contributed by atoms with Crippen molar-refractivity contribution >= 4 is 43.9 Å². The summed E-state index contributed by atoms with van der Waals surface area (Å²) in [6.45, 7) is 0. The van der Waals surface area contributed by atoms with Crippen LogP contribution < -0.4 is 15.6 Å². The summed E-state index contributed by atoms with van der Waals surface area (Å²) < 4.78 is 6.17. The van der Waals surface area contributed by atoms with Gasteiger partial charge in [-0.1, -0.05) is 17.4 Å². The van der Waals surface area contributed by atoms with E-state index in [1.165, 1.54) is 22.7 Å². The fourth-order valence-corrected chi connectivity index (χ4v) is 3.13. The van der Waals surface area contributed by atoms with E-state index < -0.39 is 0 Å². The topological polar surface area (TPSA) is 63.2 Å². The maximum Gasteiger partial charge on any atom is 0.279 e. The van der Waals surface area contributed by atoms with Gasteiger partial charge in [0.15, 0.2) is 0 Å². The Morgan fingerprint density at radius 2 is 2.25 bits per heavy atom. The van der Waals surface area contributed by atoms with E-state index in [1.54, 1.807) is 13.2 Å². The van der Waals surface area contributed by atoms with Gasteiger partial charge in [-0.05, 0) is 29.6 Å². The van der Waals surface area contributed by atoms with Crippen molar-refractivity contribution in [2.24, 2.45) is 0 Å². The van der Waals surface area contributed by atoms with Crippen molar-refractivity contribution in [3.63, 3.8) is 0 Å². The number of carbonyl (C=O) groups is 1. The Morgan fingerprint density at radius 3 is 3.00 bits per heavy atom. The van der Waals surface area contributed by atoms with E-state index >= 15 is 0 Å². The minimum Gasteiger partial charge on any atom is -0.497 e. The summed E-state index contributed by atoms with van der Waals surface area (Å²) >= 11 is 2.84. The molecule has 0 bridgehead atoms. The molecule has 0 saturated heterocycles.